The summed E-state index contributed by atoms with van der Waals surface area (Å²) < 4.78 is 0. The van der Waals surface area contributed by atoms with Crippen LogP contribution in [0.2, 0.25) is 0 Å². The van der Waals surface area contributed by atoms with Gasteiger partial charge < -0.3 is 21.9 Å². The normalized spacial score (nSPS) is 13.8. The first-order chi connectivity index (χ1) is 7.88. The molecule has 0 saturated heterocycles. The van der Waals surface area contributed by atoms with Crippen LogP contribution in [-0.4, -0.2) is 47.0 Å². The van der Waals surface area contributed by atoms with E-state index in [1.807, 2.05) is 6.26 Å². The quantitative estimate of drug-likeness (QED) is 0.421. The highest BCUT2D eigenvalue weighted by molar-refractivity contribution is 7.98. The number of carboxylic acids is 1. The minimum atomic E-state index is -1.13. The molecule has 0 unspecified atom stereocenters. The molecule has 0 aromatic rings. The van der Waals surface area contributed by atoms with Crippen molar-refractivity contribution >= 4 is 29.5 Å². The van der Waals surface area contributed by atoms with Crippen LogP contribution < -0.4 is 16.8 Å². The van der Waals surface area contributed by atoms with Gasteiger partial charge in [0.15, 0.2) is 0 Å². The number of nitrogens with one attached hydrogen (secondary N) is 1. The first kappa shape index (κ1) is 15.7. The van der Waals surface area contributed by atoms with Gasteiger partial charge in [0.25, 0.3) is 0 Å². The summed E-state index contributed by atoms with van der Waals surface area (Å²) in [6, 6.07) is -2.10. The summed E-state index contributed by atoms with van der Waals surface area (Å²) >= 11 is 1.47. The first-order valence-corrected chi connectivity index (χ1v) is 6.33. The van der Waals surface area contributed by atoms with Gasteiger partial charge in [-0.25, -0.2) is 4.79 Å². The minimum Gasteiger partial charge on any atom is -0.480 e. The van der Waals surface area contributed by atoms with Gasteiger partial charge in [0.1, 0.15) is 6.04 Å². The Labute approximate surface area is 103 Å². The van der Waals surface area contributed by atoms with E-state index >= 15 is 0 Å². The number of carbonyl (C=O) groups excluding carboxylic acids is 2. The number of carboxylic acid groups (broad SMARTS) is 1. The van der Waals surface area contributed by atoms with E-state index in [4.69, 9.17) is 16.6 Å². The Morgan fingerprint density at radius 1 is 1.41 bits per heavy atom. The lowest BCUT2D eigenvalue weighted by Gasteiger charge is -2.16. The van der Waals surface area contributed by atoms with Gasteiger partial charge in [-0.3, -0.25) is 9.59 Å². The van der Waals surface area contributed by atoms with E-state index in [-0.39, 0.29) is 6.42 Å². The van der Waals surface area contributed by atoms with Crippen LogP contribution in [0, 0.1) is 0 Å². The number of rotatable bonds is 8. The fourth-order valence-corrected chi connectivity index (χ4v) is 1.55. The Morgan fingerprint density at radius 2 is 2.00 bits per heavy atom. The third-order valence-corrected chi connectivity index (χ3v) is 2.63. The zero-order chi connectivity index (χ0) is 13.4. The lowest BCUT2D eigenvalue weighted by atomic mass is 10.1. The molecule has 0 aliphatic heterocycles. The molecule has 98 valence electrons. The van der Waals surface area contributed by atoms with E-state index in [1.54, 1.807) is 0 Å². The van der Waals surface area contributed by atoms with Crippen molar-refractivity contribution in [2.45, 2.75) is 24.9 Å². The maximum absolute atomic E-state index is 11.4. The Bertz CT molecular complexity index is 298. The Kier molecular flexibility index (Phi) is 7.31. The Hall–Kier alpha value is -1.28. The van der Waals surface area contributed by atoms with Gasteiger partial charge >= 0.3 is 5.97 Å². The molecule has 2 atom stereocenters. The van der Waals surface area contributed by atoms with E-state index in [9.17, 15) is 14.4 Å². The van der Waals surface area contributed by atoms with E-state index in [1.165, 1.54) is 11.8 Å². The van der Waals surface area contributed by atoms with Crippen molar-refractivity contribution in [3.8, 4) is 0 Å². The molecule has 0 aromatic heterocycles. The van der Waals surface area contributed by atoms with E-state index in [2.05, 4.69) is 5.32 Å². The van der Waals surface area contributed by atoms with Crippen LogP contribution in [0.3, 0.4) is 0 Å². The second-order valence-electron chi connectivity index (χ2n) is 3.46. The van der Waals surface area contributed by atoms with Gasteiger partial charge in [-0.15, -0.1) is 0 Å². The van der Waals surface area contributed by atoms with E-state index in [0.717, 1.165) is 0 Å². The molecule has 0 rings (SSSR count). The molecule has 17 heavy (non-hydrogen) atoms. The van der Waals surface area contributed by atoms with E-state index < -0.39 is 29.9 Å². The number of aliphatic carboxylic acids is 1. The second kappa shape index (κ2) is 7.91. The molecular weight excluding hydrogens is 246 g/mol. The summed E-state index contributed by atoms with van der Waals surface area (Å²) in [5.41, 5.74) is 10.3. The van der Waals surface area contributed by atoms with Crippen LogP contribution in [0.4, 0.5) is 0 Å². The molecule has 0 aliphatic rings. The fourth-order valence-electron chi connectivity index (χ4n) is 1.08. The summed E-state index contributed by atoms with van der Waals surface area (Å²) in [6.07, 6.45) is 1.83. The van der Waals surface area contributed by atoms with Gasteiger partial charge in [0.05, 0.1) is 12.5 Å². The summed E-state index contributed by atoms with van der Waals surface area (Å²) in [6.45, 7) is 0. The highest BCUT2D eigenvalue weighted by Crippen LogP contribution is 2.01. The third-order valence-electron chi connectivity index (χ3n) is 1.98. The lowest BCUT2D eigenvalue weighted by molar-refractivity contribution is -0.142. The molecule has 2 amide bonds. The van der Waals surface area contributed by atoms with Crippen molar-refractivity contribution in [3.05, 3.63) is 0 Å². The highest BCUT2D eigenvalue weighted by atomic mass is 32.2. The molecule has 7 nitrogen and oxygen atoms in total. The molecule has 0 aromatic carbocycles. The van der Waals surface area contributed by atoms with Crippen molar-refractivity contribution in [1.29, 1.82) is 0 Å². The number of thioether (sulfide) groups is 1. The van der Waals surface area contributed by atoms with Crippen molar-refractivity contribution in [2.75, 3.05) is 12.0 Å². The van der Waals surface area contributed by atoms with Crippen LogP contribution in [-0.2, 0) is 14.4 Å². The molecule has 0 saturated carbocycles. The summed E-state index contributed by atoms with van der Waals surface area (Å²) in [5.74, 6) is -1.91. The van der Waals surface area contributed by atoms with Crippen molar-refractivity contribution in [2.24, 2.45) is 11.5 Å². The topological polar surface area (TPSA) is 136 Å². The molecule has 0 heterocycles. The predicted molar refractivity (Wildman–Crippen MR) is 64.4 cm³/mol. The van der Waals surface area contributed by atoms with Crippen LogP contribution >= 0.6 is 11.8 Å². The van der Waals surface area contributed by atoms with Gasteiger partial charge in [0.2, 0.25) is 11.8 Å². The predicted octanol–water partition coefficient (Wildman–Crippen LogP) is -1.49. The number of hydrogen-bond acceptors (Lipinski definition) is 5. The maximum Gasteiger partial charge on any atom is 0.326 e. The monoisotopic (exact) mass is 263 g/mol. The van der Waals surface area contributed by atoms with Crippen molar-refractivity contribution in [1.82, 2.24) is 5.32 Å². The summed E-state index contributed by atoms with van der Waals surface area (Å²) in [7, 11) is 0. The average Bonchev–Trinajstić information content (AvgIpc) is 2.22. The Balaban J connectivity index is 4.29. The molecule has 0 aliphatic carbocycles. The van der Waals surface area contributed by atoms with Gasteiger partial charge in [-0.2, -0.15) is 11.8 Å². The molecular formula is C9H17N3O4S. The summed E-state index contributed by atoms with van der Waals surface area (Å²) in [4.78, 5) is 32.8. The zero-order valence-corrected chi connectivity index (χ0v) is 10.3. The molecule has 0 fully saturated rings. The van der Waals surface area contributed by atoms with Crippen molar-refractivity contribution in [3.63, 3.8) is 0 Å². The standard InChI is InChI=1S/C9H17N3O4S/c1-17-3-2-6(9(15)16)12-8(14)5(10)4-7(11)13/h5-6H,2-4,10H2,1H3,(H2,11,13)(H,12,14)(H,15,16)/t5-,6-/m0/s1. The fraction of sp³-hybridized carbons (Fsp3) is 0.667. The van der Waals surface area contributed by atoms with Gasteiger partial charge in [0, 0.05) is 0 Å². The molecule has 0 bridgehead atoms. The largest absolute Gasteiger partial charge is 0.480 e. The average molecular weight is 263 g/mol. The van der Waals surface area contributed by atoms with Gasteiger partial charge in [-0.1, -0.05) is 0 Å². The molecule has 8 heteroatoms. The van der Waals surface area contributed by atoms with Crippen LogP contribution in [0.5, 0.6) is 0 Å². The highest BCUT2D eigenvalue weighted by Gasteiger charge is 2.23. The maximum atomic E-state index is 11.4. The zero-order valence-electron chi connectivity index (χ0n) is 9.51. The second-order valence-corrected chi connectivity index (χ2v) is 4.44. The first-order valence-electron chi connectivity index (χ1n) is 4.94. The summed E-state index contributed by atoms with van der Waals surface area (Å²) in [5, 5.41) is 11.1. The van der Waals surface area contributed by atoms with Crippen LogP contribution in [0.25, 0.3) is 0 Å². The van der Waals surface area contributed by atoms with Crippen LogP contribution in [0.15, 0.2) is 0 Å². The number of nitrogens with two attached hydrogens (primary N) is 2. The number of hydrogen-bond donors (Lipinski definition) is 4. The minimum absolute atomic E-state index is 0.297. The third kappa shape index (κ3) is 6.80. The molecule has 6 N–H and O–H groups in total. The Morgan fingerprint density at radius 3 is 2.41 bits per heavy atom. The molecule has 0 radical (unpaired) electrons. The number of primary amides is 1. The van der Waals surface area contributed by atoms with Gasteiger partial charge in [-0.05, 0) is 18.4 Å². The van der Waals surface area contributed by atoms with Crippen molar-refractivity contribution < 1.29 is 19.5 Å². The molecule has 0 spiro atoms. The van der Waals surface area contributed by atoms with E-state index in [0.29, 0.717) is 12.2 Å². The number of amides is 2. The number of carbonyl (C=O) groups is 3. The van der Waals surface area contributed by atoms with Crippen LogP contribution in [0.1, 0.15) is 12.8 Å². The SMILES string of the molecule is CSCC[C@H](NC(=O)[C@@H](N)CC(N)=O)C(=O)O. The smallest absolute Gasteiger partial charge is 0.326 e. The lowest BCUT2D eigenvalue weighted by Crippen LogP contribution is -2.49.